The molecule has 0 fully saturated rings. The first-order chi connectivity index (χ1) is 5.24. The lowest BCUT2D eigenvalue weighted by Gasteiger charge is -2.16. The predicted molar refractivity (Wildman–Crippen MR) is 42.7 cm³/mol. The van der Waals surface area contributed by atoms with E-state index in [0.717, 1.165) is 12.8 Å². The van der Waals surface area contributed by atoms with Gasteiger partial charge in [0, 0.05) is 6.21 Å². The Kier molecular flexibility index (Phi) is 2.63. The van der Waals surface area contributed by atoms with Crippen LogP contribution in [0.5, 0.6) is 0 Å². The summed E-state index contributed by atoms with van der Waals surface area (Å²) in [5, 5.41) is 0. The molecule has 0 spiro atoms. The normalized spacial score (nSPS) is 30.0. The van der Waals surface area contributed by atoms with Gasteiger partial charge in [0.25, 0.3) is 0 Å². The molecule has 62 valence electrons. The molecule has 2 atom stereocenters. The van der Waals surface area contributed by atoms with Gasteiger partial charge in [0.2, 0.25) is 0 Å². The summed E-state index contributed by atoms with van der Waals surface area (Å²) in [5.41, 5.74) is 0. The second-order valence-corrected chi connectivity index (χ2v) is 2.89. The molecule has 0 aromatic carbocycles. The lowest BCUT2D eigenvalue weighted by atomic mass is 10.00. The van der Waals surface area contributed by atoms with Gasteiger partial charge >= 0.3 is 5.97 Å². The number of ether oxygens (including phenoxy) is 1. The van der Waals surface area contributed by atoms with E-state index in [-0.39, 0.29) is 12.0 Å². The van der Waals surface area contributed by atoms with Crippen LogP contribution in [0.15, 0.2) is 4.99 Å². The van der Waals surface area contributed by atoms with E-state index in [0.29, 0.717) is 5.92 Å². The molecule has 0 aliphatic carbocycles. The van der Waals surface area contributed by atoms with E-state index in [1.165, 1.54) is 7.11 Å². The van der Waals surface area contributed by atoms with E-state index in [4.69, 9.17) is 0 Å². The molecule has 0 unspecified atom stereocenters. The lowest BCUT2D eigenvalue weighted by molar-refractivity contribution is -0.142. The van der Waals surface area contributed by atoms with Crippen molar-refractivity contribution in [2.24, 2.45) is 10.9 Å². The van der Waals surface area contributed by atoms with E-state index in [2.05, 4.69) is 16.7 Å². The second-order valence-electron chi connectivity index (χ2n) is 2.89. The Morgan fingerprint density at radius 1 is 1.64 bits per heavy atom. The number of hydrogen-bond acceptors (Lipinski definition) is 3. The maximum atomic E-state index is 10.9. The summed E-state index contributed by atoms with van der Waals surface area (Å²) >= 11 is 0. The van der Waals surface area contributed by atoms with Crippen LogP contribution < -0.4 is 0 Å². The third-order valence-corrected chi connectivity index (χ3v) is 1.89. The molecule has 0 N–H and O–H groups in total. The van der Waals surface area contributed by atoms with Gasteiger partial charge < -0.3 is 4.74 Å². The average molecular weight is 155 g/mol. The van der Waals surface area contributed by atoms with E-state index in [9.17, 15) is 4.79 Å². The zero-order valence-electron chi connectivity index (χ0n) is 6.91. The van der Waals surface area contributed by atoms with Gasteiger partial charge in [-0.05, 0) is 18.8 Å². The molecule has 3 nitrogen and oxygen atoms in total. The van der Waals surface area contributed by atoms with Gasteiger partial charge in [-0.3, -0.25) is 4.99 Å². The molecule has 0 bridgehead atoms. The van der Waals surface area contributed by atoms with Crippen LogP contribution >= 0.6 is 0 Å². The average Bonchev–Trinajstić information content (AvgIpc) is 2.05. The molecule has 3 heteroatoms. The Labute approximate surface area is 66.5 Å². The Morgan fingerprint density at radius 2 is 2.36 bits per heavy atom. The fourth-order valence-corrected chi connectivity index (χ4v) is 1.14. The Hall–Kier alpha value is -0.860. The number of carbonyl (C=O) groups is 1. The number of hydrogen-bond donors (Lipinski definition) is 0. The molecule has 0 amide bonds. The number of esters is 1. The van der Waals surface area contributed by atoms with Gasteiger partial charge in [-0.15, -0.1) is 0 Å². The number of rotatable bonds is 1. The molecule has 11 heavy (non-hydrogen) atoms. The van der Waals surface area contributed by atoms with Gasteiger partial charge in [-0.25, -0.2) is 4.79 Å². The zero-order chi connectivity index (χ0) is 8.27. The minimum atomic E-state index is -0.240. The Bertz CT molecular complexity index is 177. The third-order valence-electron chi connectivity index (χ3n) is 1.89. The number of nitrogens with zero attached hydrogens (tertiary/aromatic N) is 1. The first kappa shape index (κ1) is 8.24. The summed E-state index contributed by atoms with van der Waals surface area (Å²) in [6.07, 6.45) is 3.69. The van der Waals surface area contributed by atoms with Gasteiger partial charge in [-0.1, -0.05) is 6.92 Å². The highest BCUT2D eigenvalue weighted by Crippen LogP contribution is 2.15. The summed E-state index contributed by atoms with van der Waals surface area (Å²) < 4.78 is 4.57. The van der Waals surface area contributed by atoms with Crippen molar-refractivity contribution in [3.63, 3.8) is 0 Å². The van der Waals surface area contributed by atoms with Crippen molar-refractivity contribution in [1.82, 2.24) is 0 Å². The minimum absolute atomic E-state index is 0.215. The van der Waals surface area contributed by atoms with Gasteiger partial charge in [0.1, 0.15) is 6.04 Å². The number of aliphatic imine (C=N–C) groups is 1. The predicted octanol–water partition coefficient (Wildman–Crippen LogP) is 1.03. The number of methoxy groups -OCH3 is 1. The lowest BCUT2D eigenvalue weighted by Crippen LogP contribution is -2.24. The van der Waals surface area contributed by atoms with Crippen LogP contribution in [0.2, 0.25) is 0 Å². The van der Waals surface area contributed by atoms with Gasteiger partial charge in [0.05, 0.1) is 7.11 Å². The summed E-state index contributed by atoms with van der Waals surface area (Å²) in [5.74, 6) is 0.295. The highest BCUT2D eigenvalue weighted by atomic mass is 16.5. The van der Waals surface area contributed by atoms with E-state index >= 15 is 0 Å². The molecule has 1 heterocycles. The van der Waals surface area contributed by atoms with Crippen LogP contribution in [0.3, 0.4) is 0 Å². The smallest absolute Gasteiger partial charge is 0.330 e. The van der Waals surface area contributed by atoms with Crippen LogP contribution in [0.25, 0.3) is 0 Å². The number of carbonyl (C=O) groups excluding carboxylic acids is 1. The van der Waals surface area contributed by atoms with Crippen molar-refractivity contribution in [1.29, 1.82) is 0 Å². The molecule has 0 saturated heterocycles. The summed E-state index contributed by atoms with van der Waals surface area (Å²) in [6.45, 7) is 2.09. The van der Waals surface area contributed by atoms with E-state index in [1.807, 2.05) is 6.21 Å². The van der Waals surface area contributed by atoms with Crippen LogP contribution in [-0.4, -0.2) is 25.3 Å². The summed E-state index contributed by atoms with van der Waals surface area (Å²) in [4.78, 5) is 15.0. The molecule has 1 rings (SSSR count). The van der Waals surface area contributed by atoms with Crippen LogP contribution in [0.1, 0.15) is 19.8 Å². The van der Waals surface area contributed by atoms with Crippen molar-refractivity contribution in [3.8, 4) is 0 Å². The maximum Gasteiger partial charge on any atom is 0.330 e. The Morgan fingerprint density at radius 3 is 2.82 bits per heavy atom. The highest BCUT2D eigenvalue weighted by Gasteiger charge is 2.21. The topological polar surface area (TPSA) is 38.7 Å². The van der Waals surface area contributed by atoms with Crippen molar-refractivity contribution in [3.05, 3.63) is 0 Å². The quantitative estimate of drug-likeness (QED) is 0.530. The molecule has 0 aromatic heterocycles. The summed E-state index contributed by atoms with van der Waals surface area (Å²) in [6, 6.07) is -0.240. The SMILES string of the molecule is COC(=O)[C@@H]1CC[C@@H](C)C=N1. The molecule has 1 aliphatic rings. The first-order valence-electron chi connectivity index (χ1n) is 3.85. The van der Waals surface area contributed by atoms with Gasteiger partial charge in [0.15, 0.2) is 0 Å². The first-order valence-corrected chi connectivity index (χ1v) is 3.85. The van der Waals surface area contributed by atoms with Crippen LogP contribution in [0.4, 0.5) is 0 Å². The van der Waals surface area contributed by atoms with Crippen LogP contribution in [0, 0.1) is 5.92 Å². The van der Waals surface area contributed by atoms with Crippen molar-refractivity contribution >= 4 is 12.2 Å². The molecule has 1 aliphatic heterocycles. The van der Waals surface area contributed by atoms with Crippen molar-refractivity contribution in [2.45, 2.75) is 25.8 Å². The van der Waals surface area contributed by atoms with Crippen molar-refractivity contribution in [2.75, 3.05) is 7.11 Å². The minimum Gasteiger partial charge on any atom is -0.467 e. The maximum absolute atomic E-state index is 10.9. The Balaban J connectivity index is 2.50. The zero-order valence-corrected chi connectivity index (χ0v) is 6.91. The molecule has 0 saturated carbocycles. The summed E-state index contributed by atoms with van der Waals surface area (Å²) in [7, 11) is 1.40. The fourth-order valence-electron chi connectivity index (χ4n) is 1.14. The molecular formula is C8H13NO2. The molecule has 0 aromatic rings. The third kappa shape index (κ3) is 2.03. The second kappa shape index (κ2) is 3.51. The standard InChI is InChI=1S/C8H13NO2/c1-6-3-4-7(9-5-6)8(10)11-2/h5-7H,3-4H2,1-2H3/t6-,7+/m1/s1. The van der Waals surface area contributed by atoms with E-state index in [1.54, 1.807) is 0 Å². The fraction of sp³-hybridized carbons (Fsp3) is 0.750. The van der Waals surface area contributed by atoms with Crippen LogP contribution in [-0.2, 0) is 9.53 Å². The monoisotopic (exact) mass is 155 g/mol. The van der Waals surface area contributed by atoms with Gasteiger partial charge in [-0.2, -0.15) is 0 Å². The van der Waals surface area contributed by atoms with E-state index < -0.39 is 0 Å². The molecular weight excluding hydrogens is 142 g/mol. The highest BCUT2D eigenvalue weighted by molar-refractivity contribution is 5.79. The largest absolute Gasteiger partial charge is 0.467 e. The molecule has 0 radical (unpaired) electrons. The van der Waals surface area contributed by atoms with Crippen molar-refractivity contribution < 1.29 is 9.53 Å².